The van der Waals surface area contributed by atoms with E-state index in [2.05, 4.69) is 10.2 Å². The predicted octanol–water partition coefficient (Wildman–Crippen LogP) is 3.80. The van der Waals surface area contributed by atoms with Crippen molar-refractivity contribution in [3.05, 3.63) is 59.2 Å². The fraction of sp³-hybridized carbons (Fsp3) is 0.0714. The molecule has 2 aromatic carbocycles. The van der Waals surface area contributed by atoms with Crippen LogP contribution in [0.1, 0.15) is 5.56 Å². The van der Waals surface area contributed by atoms with Crippen LogP contribution in [-0.4, -0.2) is 10.2 Å². The molecular weight excluding hydrogens is 248 g/mol. The molecule has 0 bridgehead atoms. The summed E-state index contributed by atoms with van der Waals surface area (Å²) in [7, 11) is 0. The average molecular weight is 259 g/mol. The van der Waals surface area contributed by atoms with Crippen LogP contribution in [-0.2, 0) is 6.61 Å². The maximum absolute atomic E-state index is 5.92. The van der Waals surface area contributed by atoms with Crippen molar-refractivity contribution in [2.45, 2.75) is 6.61 Å². The minimum Gasteiger partial charge on any atom is -0.489 e. The highest BCUT2D eigenvalue weighted by Crippen LogP contribution is 2.20. The van der Waals surface area contributed by atoms with Crippen LogP contribution in [0.4, 0.5) is 0 Å². The highest BCUT2D eigenvalue weighted by Gasteiger charge is 2.00. The van der Waals surface area contributed by atoms with Crippen molar-refractivity contribution in [2.24, 2.45) is 0 Å². The lowest BCUT2D eigenvalue weighted by molar-refractivity contribution is 0.306. The maximum Gasteiger partial charge on any atom is 0.120 e. The highest BCUT2D eigenvalue weighted by molar-refractivity contribution is 6.30. The van der Waals surface area contributed by atoms with Crippen LogP contribution in [0, 0.1) is 0 Å². The van der Waals surface area contributed by atoms with E-state index in [4.69, 9.17) is 16.3 Å². The Hall–Kier alpha value is -2.00. The molecule has 1 heterocycles. The monoisotopic (exact) mass is 258 g/mol. The van der Waals surface area contributed by atoms with E-state index in [9.17, 15) is 0 Å². The molecule has 0 atom stereocenters. The van der Waals surface area contributed by atoms with Crippen LogP contribution < -0.4 is 4.74 Å². The third-order valence-electron chi connectivity index (χ3n) is 2.71. The van der Waals surface area contributed by atoms with E-state index in [1.165, 1.54) is 0 Å². The first-order valence-corrected chi connectivity index (χ1v) is 5.99. The van der Waals surface area contributed by atoms with Crippen molar-refractivity contribution in [3.8, 4) is 5.75 Å². The Morgan fingerprint density at radius 1 is 1.17 bits per heavy atom. The van der Waals surface area contributed by atoms with Crippen LogP contribution in [0.15, 0.2) is 48.7 Å². The predicted molar refractivity (Wildman–Crippen MR) is 71.9 cm³/mol. The van der Waals surface area contributed by atoms with Gasteiger partial charge in [-0.1, -0.05) is 23.7 Å². The number of halogens is 1. The van der Waals surface area contributed by atoms with Gasteiger partial charge in [0.2, 0.25) is 0 Å². The summed E-state index contributed by atoms with van der Waals surface area (Å²) in [6.07, 6.45) is 1.78. The summed E-state index contributed by atoms with van der Waals surface area (Å²) in [4.78, 5) is 0. The summed E-state index contributed by atoms with van der Waals surface area (Å²) < 4.78 is 5.72. The zero-order valence-corrected chi connectivity index (χ0v) is 10.3. The van der Waals surface area contributed by atoms with Gasteiger partial charge >= 0.3 is 0 Å². The van der Waals surface area contributed by atoms with E-state index in [0.29, 0.717) is 6.61 Å². The molecule has 18 heavy (non-hydrogen) atoms. The van der Waals surface area contributed by atoms with Crippen LogP contribution in [0.25, 0.3) is 10.9 Å². The number of ether oxygens (including phenoxy) is 1. The Bertz CT molecular complexity index is 678. The fourth-order valence-electron chi connectivity index (χ4n) is 1.80. The quantitative estimate of drug-likeness (QED) is 0.776. The Morgan fingerprint density at radius 3 is 3.00 bits per heavy atom. The molecule has 0 amide bonds. The van der Waals surface area contributed by atoms with Crippen molar-refractivity contribution >= 4 is 22.5 Å². The molecule has 0 spiro atoms. The van der Waals surface area contributed by atoms with E-state index >= 15 is 0 Å². The summed E-state index contributed by atoms with van der Waals surface area (Å²) in [6.45, 7) is 0.504. The maximum atomic E-state index is 5.92. The van der Waals surface area contributed by atoms with Gasteiger partial charge in [0.1, 0.15) is 12.4 Å². The van der Waals surface area contributed by atoms with E-state index < -0.39 is 0 Å². The normalized spacial score (nSPS) is 10.7. The number of fused-ring (bicyclic) bond motifs is 1. The molecule has 90 valence electrons. The second-order valence-corrected chi connectivity index (χ2v) is 4.47. The van der Waals surface area contributed by atoms with Gasteiger partial charge in [0.15, 0.2) is 0 Å². The van der Waals surface area contributed by atoms with Gasteiger partial charge in [0.25, 0.3) is 0 Å². The molecule has 0 aliphatic heterocycles. The lowest BCUT2D eigenvalue weighted by Crippen LogP contribution is -1.94. The Kier molecular flexibility index (Phi) is 2.90. The standard InChI is InChI=1S/C14H11ClN2O/c15-12-3-1-2-10(6-12)9-18-13-4-5-14-11(7-13)8-16-17-14/h1-8H,9H2,(H,16,17). The van der Waals surface area contributed by atoms with Crippen molar-refractivity contribution in [2.75, 3.05) is 0 Å². The number of hydrogen-bond acceptors (Lipinski definition) is 2. The number of nitrogens with one attached hydrogen (secondary N) is 1. The van der Waals surface area contributed by atoms with Gasteiger partial charge in [0, 0.05) is 10.4 Å². The van der Waals surface area contributed by atoms with Crippen LogP contribution >= 0.6 is 11.6 Å². The second kappa shape index (κ2) is 4.70. The van der Waals surface area contributed by atoms with Gasteiger partial charge in [-0.25, -0.2) is 0 Å². The largest absolute Gasteiger partial charge is 0.489 e. The molecule has 0 unspecified atom stereocenters. The van der Waals surface area contributed by atoms with Crippen LogP contribution in [0.3, 0.4) is 0 Å². The molecule has 3 nitrogen and oxygen atoms in total. The number of benzene rings is 2. The van der Waals surface area contributed by atoms with Crippen LogP contribution in [0.2, 0.25) is 5.02 Å². The van der Waals surface area contributed by atoms with Crippen molar-refractivity contribution in [3.63, 3.8) is 0 Å². The van der Waals surface area contributed by atoms with Crippen molar-refractivity contribution in [1.29, 1.82) is 0 Å². The zero-order chi connectivity index (χ0) is 12.4. The first-order valence-electron chi connectivity index (χ1n) is 5.62. The topological polar surface area (TPSA) is 37.9 Å². The molecule has 1 aromatic heterocycles. The van der Waals surface area contributed by atoms with Gasteiger partial charge in [-0.3, -0.25) is 5.10 Å². The summed E-state index contributed by atoms with van der Waals surface area (Å²) in [5.41, 5.74) is 2.06. The lowest BCUT2D eigenvalue weighted by atomic mass is 10.2. The second-order valence-electron chi connectivity index (χ2n) is 4.04. The number of nitrogens with zero attached hydrogens (tertiary/aromatic N) is 1. The van der Waals surface area contributed by atoms with E-state index in [1.54, 1.807) is 6.20 Å². The third kappa shape index (κ3) is 2.31. The molecular formula is C14H11ClN2O. The minimum absolute atomic E-state index is 0.504. The average Bonchev–Trinajstić information content (AvgIpc) is 2.84. The number of hydrogen-bond donors (Lipinski definition) is 1. The molecule has 0 aliphatic carbocycles. The molecule has 3 aromatic rings. The van der Waals surface area contributed by atoms with Crippen LogP contribution in [0.5, 0.6) is 5.75 Å². The first-order chi connectivity index (χ1) is 8.81. The number of aromatic amines is 1. The molecule has 0 radical (unpaired) electrons. The van der Waals surface area contributed by atoms with Gasteiger partial charge in [-0.15, -0.1) is 0 Å². The van der Waals surface area contributed by atoms with E-state index in [-0.39, 0.29) is 0 Å². The summed E-state index contributed by atoms with van der Waals surface area (Å²) in [6, 6.07) is 13.5. The Labute approximate surface area is 109 Å². The first kappa shape index (κ1) is 11.1. The van der Waals surface area contributed by atoms with Crippen molar-refractivity contribution in [1.82, 2.24) is 10.2 Å². The number of rotatable bonds is 3. The van der Waals surface area contributed by atoms with Gasteiger partial charge in [0.05, 0.1) is 11.7 Å². The molecule has 3 rings (SSSR count). The highest BCUT2D eigenvalue weighted by atomic mass is 35.5. The third-order valence-corrected chi connectivity index (χ3v) is 2.94. The smallest absolute Gasteiger partial charge is 0.120 e. The summed E-state index contributed by atoms with van der Waals surface area (Å²) in [5.74, 6) is 0.823. The molecule has 4 heteroatoms. The SMILES string of the molecule is Clc1cccc(COc2ccc3[nH]ncc3c2)c1. The minimum atomic E-state index is 0.504. The Morgan fingerprint density at radius 2 is 2.11 bits per heavy atom. The molecule has 0 saturated heterocycles. The van der Waals surface area contributed by atoms with E-state index in [1.807, 2.05) is 42.5 Å². The summed E-state index contributed by atoms with van der Waals surface area (Å²) in [5, 5.41) is 8.64. The van der Waals surface area contributed by atoms with E-state index in [0.717, 1.165) is 27.2 Å². The zero-order valence-electron chi connectivity index (χ0n) is 9.56. The van der Waals surface area contributed by atoms with Gasteiger partial charge in [-0.2, -0.15) is 5.10 Å². The Balaban J connectivity index is 1.76. The molecule has 0 aliphatic rings. The number of H-pyrrole nitrogens is 1. The van der Waals surface area contributed by atoms with Crippen molar-refractivity contribution < 1.29 is 4.74 Å². The molecule has 0 saturated carbocycles. The number of aromatic nitrogens is 2. The summed E-state index contributed by atoms with van der Waals surface area (Å²) >= 11 is 5.92. The fourth-order valence-corrected chi connectivity index (χ4v) is 2.02. The lowest BCUT2D eigenvalue weighted by Gasteiger charge is -2.06. The van der Waals surface area contributed by atoms with Gasteiger partial charge in [-0.05, 0) is 35.9 Å². The molecule has 0 fully saturated rings. The van der Waals surface area contributed by atoms with Gasteiger partial charge < -0.3 is 4.74 Å². The molecule has 1 N–H and O–H groups in total.